The van der Waals surface area contributed by atoms with Crippen LogP contribution in [0, 0.1) is 0 Å². The number of methoxy groups -OCH3 is 1. The molecule has 1 rings (SSSR count). The highest BCUT2D eigenvalue weighted by atomic mass is 32.2. The van der Waals surface area contributed by atoms with E-state index in [9.17, 15) is 8.42 Å². The number of sulfonamides is 1. The Morgan fingerprint density at radius 3 is 2.78 bits per heavy atom. The maximum atomic E-state index is 11.9. The highest BCUT2D eigenvalue weighted by Crippen LogP contribution is 2.11. The van der Waals surface area contributed by atoms with Gasteiger partial charge in [0.15, 0.2) is 0 Å². The first kappa shape index (κ1) is 15.9. The monoisotopic (exact) mass is 278 g/mol. The van der Waals surface area contributed by atoms with Gasteiger partial charge in [0.1, 0.15) is 0 Å². The van der Waals surface area contributed by atoms with Gasteiger partial charge in [-0.25, -0.2) is 13.1 Å². The maximum Gasteiger partial charge on any atom is 0.211 e. The molecule has 2 unspecified atom stereocenters. The van der Waals surface area contributed by atoms with Crippen molar-refractivity contribution in [2.75, 3.05) is 26.0 Å². The summed E-state index contributed by atoms with van der Waals surface area (Å²) in [5, 5.41) is 3.37. The van der Waals surface area contributed by atoms with Crippen LogP contribution in [0.3, 0.4) is 0 Å². The number of ether oxygens (including phenoxy) is 1. The third-order valence-electron chi connectivity index (χ3n) is 3.35. The molecule has 0 aromatic rings. The van der Waals surface area contributed by atoms with Crippen molar-refractivity contribution in [3.05, 3.63) is 0 Å². The average Bonchev–Trinajstić information content (AvgIpc) is 2.37. The fourth-order valence-corrected chi connectivity index (χ4v) is 3.67. The predicted molar refractivity (Wildman–Crippen MR) is 73.1 cm³/mol. The van der Waals surface area contributed by atoms with E-state index in [1.165, 1.54) is 12.8 Å². The van der Waals surface area contributed by atoms with Crippen LogP contribution >= 0.6 is 0 Å². The zero-order chi connectivity index (χ0) is 13.4. The van der Waals surface area contributed by atoms with Crippen LogP contribution in [-0.2, 0) is 14.8 Å². The zero-order valence-electron chi connectivity index (χ0n) is 11.4. The molecule has 108 valence electrons. The summed E-state index contributed by atoms with van der Waals surface area (Å²) in [4.78, 5) is 0. The van der Waals surface area contributed by atoms with Crippen LogP contribution in [0.2, 0.25) is 0 Å². The van der Waals surface area contributed by atoms with Gasteiger partial charge in [0.2, 0.25) is 10.0 Å². The summed E-state index contributed by atoms with van der Waals surface area (Å²) >= 11 is 0. The lowest BCUT2D eigenvalue weighted by Crippen LogP contribution is -2.41. The quantitative estimate of drug-likeness (QED) is 0.691. The molecule has 2 atom stereocenters. The van der Waals surface area contributed by atoms with Gasteiger partial charge in [0.05, 0.1) is 12.4 Å². The summed E-state index contributed by atoms with van der Waals surface area (Å²) < 4.78 is 31.5. The normalized spacial score (nSPS) is 22.9. The second-order valence-corrected chi connectivity index (χ2v) is 6.81. The molecular weight excluding hydrogens is 252 g/mol. The van der Waals surface area contributed by atoms with E-state index < -0.39 is 10.0 Å². The van der Waals surface area contributed by atoms with Crippen molar-refractivity contribution in [1.82, 2.24) is 10.0 Å². The number of piperidine rings is 1. The Bertz CT molecular complexity index is 313. The fraction of sp³-hybridized carbons (Fsp3) is 1.00. The van der Waals surface area contributed by atoms with Crippen LogP contribution < -0.4 is 10.0 Å². The minimum Gasteiger partial charge on any atom is -0.383 e. The van der Waals surface area contributed by atoms with Crippen LogP contribution in [0.15, 0.2) is 0 Å². The predicted octanol–water partition coefficient (Wildman–Crippen LogP) is 0.863. The molecule has 0 saturated carbocycles. The molecule has 0 spiro atoms. The summed E-state index contributed by atoms with van der Waals surface area (Å²) in [7, 11) is -1.60. The number of hydrogen-bond donors (Lipinski definition) is 2. The van der Waals surface area contributed by atoms with Gasteiger partial charge < -0.3 is 10.1 Å². The second kappa shape index (κ2) is 8.09. The minimum atomic E-state index is -3.18. The topological polar surface area (TPSA) is 67.4 Å². The first-order valence-corrected chi connectivity index (χ1v) is 8.45. The van der Waals surface area contributed by atoms with Crippen molar-refractivity contribution < 1.29 is 13.2 Å². The van der Waals surface area contributed by atoms with Crippen LogP contribution in [0.25, 0.3) is 0 Å². The van der Waals surface area contributed by atoms with E-state index in [1.54, 1.807) is 7.11 Å². The highest BCUT2D eigenvalue weighted by molar-refractivity contribution is 7.89. The summed E-state index contributed by atoms with van der Waals surface area (Å²) in [5.74, 6) is 0.199. The van der Waals surface area contributed by atoms with Gasteiger partial charge in [-0.2, -0.15) is 0 Å². The Morgan fingerprint density at radius 1 is 1.44 bits per heavy atom. The highest BCUT2D eigenvalue weighted by Gasteiger charge is 2.19. The summed E-state index contributed by atoms with van der Waals surface area (Å²) in [6.45, 7) is 3.39. The molecule has 18 heavy (non-hydrogen) atoms. The van der Waals surface area contributed by atoms with Gasteiger partial charge in [-0.1, -0.05) is 13.3 Å². The van der Waals surface area contributed by atoms with Crippen LogP contribution in [-0.4, -0.2) is 46.5 Å². The van der Waals surface area contributed by atoms with E-state index in [0.717, 1.165) is 19.4 Å². The van der Waals surface area contributed by atoms with Crippen molar-refractivity contribution in [1.29, 1.82) is 0 Å². The standard InChI is InChI=1S/C12H26N2O3S/c1-3-11(10-17-2)14-18(15,16)9-7-12-6-4-5-8-13-12/h11-14H,3-10H2,1-2H3. The molecule has 0 bridgehead atoms. The van der Waals surface area contributed by atoms with E-state index in [4.69, 9.17) is 4.74 Å². The Labute approximate surface area is 111 Å². The SMILES string of the molecule is CCC(COC)NS(=O)(=O)CCC1CCCCN1. The van der Waals surface area contributed by atoms with E-state index in [0.29, 0.717) is 19.1 Å². The third kappa shape index (κ3) is 6.13. The fourth-order valence-electron chi connectivity index (χ4n) is 2.22. The number of rotatable bonds is 8. The summed E-state index contributed by atoms with van der Waals surface area (Å²) in [6, 6.07) is 0.247. The molecule has 1 aliphatic rings. The second-order valence-electron chi connectivity index (χ2n) is 4.93. The summed E-state index contributed by atoms with van der Waals surface area (Å²) in [6.07, 6.45) is 4.93. The van der Waals surface area contributed by atoms with Crippen molar-refractivity contribution >= 4 is 10.0 Å². The zero-order valence-corrected chi connectivity index (χ0v) is 12.3. The minimum absolute atomic E-state index is 0.112. The molecule has 0 aromatic heterocycles. The molecule has 5 nitrogen and oxygen atoms in total. The van der Waals surface area contributed by atoms with Gasteiger partial charge in [-0.3, -0.25) is 0 Å². The molecule has 0 aliphatic carbocycles. The Hall–Kier alpha value is -0.170. The van der Waals surface area contributed by atoms with Crippen molar-refractivity contribution in [2.45, 2.75) is 51.1 Å². The van der Waals surface area contributed by atoms with Crippen LogP contribution in [0.5, 0.6) is 0 Å². The smallest absolute Gasteiger partial charge is 0.211 e. The Balaban J connectivity index is 2.33. The molecule has 1 aliphatic heterocycles. The Kier molecular flexibility index (Phi) is 7.14. The maximum absolute atomic E-state index is 11.9. The van der Waals surface area contributed by atoms with Crippen LogP contribution in [0.4, 0.5) is 0 Å². The number of nitrogens with one attached hydrogen (secondary N) is 2. The van der Waals surface area contributed by atoms with E-state index in [1.807, 2.05) is 6.92 Å². The van der Waals surface area contributed by atoms with E-state index >= 15 is 0 Å². The first-order chi connectivity index (χ1) is 8.57. The lowest BCUT2D eigenvalue weighted by Gasteiger charge is -2.24. The Morgan fingerprint density at radius 2 is 2.22 bits per heavy atom. The largest absolute Gasteiger partial charge is 0.383 e. The van der Waals surface area contributed by atoms with Gasteiger partial charge >= 0.3 is 0 Å². The lowest BCUT2D eigenvalue weighted by atomic mass is 10.0. The molecule has 1 heterocycles. The first-order valence-electron chi connectivity index (χ1n) is 6.79. The molecule has 0 radical (unpaired) electrons. The molecular formula is C12H26N2O3S. The molecule has 1 saturated heterocycles. The van der Waals surface area contributed by atoms with Crippen LogP contribution in [0.1, 0.15) is 39.0 Å². The molecule has 2 N–H and O–H groups in total. The van der Waals surface area contributed by atoms with Crippen molar-refractivity contribution in [2.24, 2.45) is 0 Å². The number of hydrogen-bond acceptors (Lipinski definition) is 4. The van der Waals surface area contributed by atoms with Gasteiger partial charge in [-0.05, 0) is 32.2 Å². The molecule has 6 heteroatoms. The molecule has 0 amide bonds. The lowest BCUT2D eigenvalue weighted by molar-refractivity contribution is 0.173. The van der Waals surface area contributed by atoms with Crippen molar-refractivity contribution in [3.63, 3.8) is 0 Å². The average molecular weight is 278 g/mol. The summed E-state index contributed by atoms with van der Waals surface area (Å²) in [5.41, 5.74) is 0. The molecule has 1 fully saturated rings. The van der Waals surface area contributed by atoms with Crippen molar-refractivity contribution in [3.8, 4) is 0 Å². The molecule has 0 aromatic carbocycles. The van der Waals surface area contributed by atoms with E-state index in [2.05, 4.69) is 10.0 Å². The van der Waals surface area contributed by atoms with E-state index in [-0.39, 0.29) is 11.8 Å². The van der Waals surface area contributed by atoms with Gasteiger partial charge in [0.25, 0.3) is 0 Å². The van der Waals surface area contributed by atoms with Gasteiger partial charge in [0, 0.05) is 19.2 Å². The third-order valence-corrected chi connectivity index (χ3v) is 4.82. The van der Waals surface area contributed by atoms with Gasteiger partial charge in [-0.15, -0.1) is 0 Å².